The number of rotatable bonds is 6. The number of benzene rings is 2. The number of thiazole rings is 1. The highest BCUT2D eigenvalue weighted by atomic mass is 32.1. The fourth-order valence-corrected chi connectivity index (χ4v) is 4.65. The number of carbonyl (C=O) groups is 1. The van der Waals surface area contributed by atoms with Gasteiger partial charge in [0.05, 0.1) is 24.3 Å². The van der Waals surface area contributed by atoms with Crippen LogP contribution in [0.15, 0.2) is 47.8 Å². The van der Waals surface area contributed by atoms with E-state index in [1.54, 1.807) is 42.4 Å². The van der Waals surface area contributed by atoms with Gasteiger partial charge in [-0.15, -0.1) is 11.3 Å². The lowest BCUT2D eigenvalue weighted by Crippen LogP contribution is -2.48. The summed E-state index contributed by atoms with van der Waals surface area (Å²) in [6, 6.07) is 12.5. The number of hydrogen-bond acceptors (Lipinski definition) is 7. The number of carbonyl (C=O) groups excluding carboxylic acids is 1. The summed E-state index contributed by atoms with van der Waals surface area (Å²) in [5.41, 5.74) is 2.79. The van der Waals surface area contributed by atoms with Gasteiger partial charge in [-0.3, -0.25) is 19.8 Å². The molecule has 2 heterocycles. The first-order valence-electron chi connectivity index (χ1n) is 10.3. The zero-order valence-electron chi connectivity index (χ0n) is 18.0. The van der Waals surface area contributed by atoms with E-state index in [1.807, 2.05) is 24.3 Å². The molecule has 32 heavy (non-hydrogen) atoms. The molecule has 0 saturated carbocycles. The molecule has 0 bridgehead atoms. The Morgan fingerprint density at radius 2 is 1.88 bits per heavy atom. The second-order valence-electron chi connectivity index (χ2n) is 7.63. The normalized spacial score (nSPS) is 14.4. The molecule has 1 aliphatic rings. The van der Waals surface area contributed by atoms with Crippen molar-refractivity contribution in [3.63, 3.8) is 0 Å². The molecule has 1 saturated heterocycles. The first-order valence-corrected chi connectivity index (χ1v) is 11.2. The van der Waals surface area contributed by atoms with Crippen molar-refractivity contribution in [2.75, 3.05) is 33.3 Å². The number of nitro benzene ring substituents is 1. The third-order valence-corrected chi connectivity index (χ3v) is 6.52. The van der Waals surface area contributed by atoms with Gasteiger partial charge in [0.25, 0.3) is 11.6 Å². The first-order chi connectivity index (χ1) is 15.5. The molecule has 9 heteroatoms. The average Bonchev–Trinajstić information content (AvgIpc) is 3.27. The third kappa shape index (κ3) is 4.63. The van der Waals surface area contributed by atoms with Gasteiger partial charge in [0.2, 0.25) is 0 Å². The van der Waals surface area contributed by atoms with Crippen molar-refractivity contribution in [2.45, 2.75) is 13.5 Å². The van der Waals surface area contributed by atoms with Crippen LogP contribution in [0.1, 0.15) is 20.9 Å². The van der Waals surface area contributed by atoms with Crippen LogP contribution in [0.2, 0.25) is 0 Å². The van der Waals surface area contributed by atoms with Crippen molar-refractivity contribution < 1.29 is 14.5 Å². The van der Waals surface area contributed by atoms with Crippen LogP contribution in [0, 0.1) is 17.0 Å². The Hall–Kier alpha value is -3.30. The maximum atomic E-state index is 12.9. The molecular weight excluding hydrogens is 428 g/mol. The highest BCUT2D eigenvalue weighted by Gasteiger charge is 2.26. The molecule has 0 N–H and O–H groups in total. The molecule has 2 aromatic carbocycles. The summed E-state index contributed by atoms with van der Waals surface area (Å²) in [4.78, 5) is 32.5. The summed E-state index contributed by atoms with van der Waals surface area (Å²) < 4.78 is 5.20. The lowest BCUT2D eigenvalue weighted by atomic mass is 10.1. The van der Waals surface area contributed by atoms with Gasteiger partial charge in [0, 0.05) is 54.3 Å². The standard InChI is InChI=1S/C23H24N4O4S/c1-16-19(4-3-5-21(16)27(29)30)23(28)26-12-10-25(11-13-26)14-22-24-20(15-32-22)17-6-8-18(31-2)9-7-17/h3-9,15H,10-14H2,1-2H3. The van der Waals surface area contributed by atoms with Gasteiger partial charge >= 0.3 is 0 Å². The number of aromatic nitrogens is 1. The van der Waals surface area contributed by atoms with Crippen LogP contribution < -0.4 is 4.74 Å². The molecule has 3 aromatic rings. The molecule has 0 radical (unpaired) electrons. The van der Waals surface area contributed by atoms with E-state index < -0.39 is 4.92 Å². The first kappa shape index (κ1) is 21.9. The lowest BCUT2D eigenvalue weighted by molar-refractivity contribution is -0.385. The van der Waals surface area contributed by atoms with E-state index in [1.165, 1.54) is 6.07 Å². The highest BCUT2D eigenvalue weighted by Crippen LogP contribution is 2.26. The SMILES string of the molecule is COc1ccc(-c2csc(CN3CCN(C(=O)c4cccc([N+](=O)[O-])c4C)CC3)n2)cc1. The van der Waals surface area contributed by atoms with Gasteiger partial charge in [0.1, 0.15) is 10.8 Å². The molecule has 1 amide bonds. The van der Waals surface area contributed by atoms with Crippen LogP contribution in [0.25, 0.3) is 11.3 Å². The Balaban J connectivity index is 1.35. The van der Waals surface area contributed by atoms with Gasteiger partial charge in [-0.25, -0.2) is 4.98 Å². The molecular formula is C23H24N4O4S. The van der Waals surface area contributed by atoms with Crippen molar-refractivity contribution in [1.82, 2.24) is 14.8 Å². The van der Waals surface area contributed by atoms with Crippen molar-refractivity contribution in [3.8, 4) is 17.0 Å². The van der Waals surface area contributed by atoms with E-state index >= 15 is 0 Å². The summed E-state index contributed by atoms with van der Waals surface area (Å²) in [5, 5.41) is 14.3. The number of piperazine rings is 1. The molecule has 166 valence electrons. The Labute approximate surface area is 190 Å². The summed E-state index contributed by atoms with van der Waals surface area (Å²) in [6.45, 7) is 4.99. The number of methoxy groups -OCH3 is 1. The zero-order chi connectivity index (χ0) is 22.7. The van der Waals surface area contributed by atoms with E-state index in [-0.39, 0.29) is 11.6 Å². The van der Waals surface area contributed by atoms with E-state index in [0.717, 1.165) is 41.6 Å². The Bertz CT molecular complexity index is 1120. The number of nitrogens with zero attached hydrogens (tertiary/aromatic N) is 4. The number of amides is 1. The maximum absolute atomic E-state index is 12.9. The Morgan fingerprint density at radius 3 is 2.53 bits per heavy atom. The minimum atomic E-state index is -0.446. The van der Waals surface area contributed by atoms with E-state index in [9.17, 15) is 14.9 Å². The van der Waals surface area contributed by atoms with E-state index in [2.05, 4.69) is 10.3 Å². The number of hydrogen-bond donors (Lipinski definition) is 0. The van der Waals surface area contributed by atoms with E-state index in [4.69, 9.17) is 9.72 Å². The summed E-state index contributed by atoms with van der Waals surface area (Å²) >= 11 is 1.63. The second kappa shape index (κ2) is 9.46. The van der Waals surface area contributed by atoms with Gasteiger partial charge in [0.15, 0.2) is 0 Å². The van der Waals surface area contributed by atoms with Crippen molar-refractivity contribution in [1.29, 1.82) is 0 Å². The summed E-state index contributed by atoms with van der Waals surface area (Å²) in [5.74, 6) is 0.666. The quantitative estimate of drug-likeness (QED) is 0.415. The number of ether oxygens (including phenoxy) is 1. The van der Waals surface area contributed by atoms with Crippen molar-refractivity contribution in [3.05, 3.63) is 74.1 Å². The van der Waals surface area contributed by atoms with Crippen LogP contribution in [0.4, 0.5) is 5.69 Å². The Morgan fingerprint density at radius 1 is 1.16 bits per heavy atom. The van der Waals surface area contributed by atoms with Crippen molar-refractivity contribution >= 4 is 22.9 Å². The predicted molar refractivity (Wildman–Crippen MR) is 123 cm³/mol. The average molecular weight is 453 g/mol. The van der Waals surface area contributed by atoms with Gasteiger partial charge in [-0.05, 0) is 37.3 Å². The molecule has 4 rings (SSSR count). The highest BCUT2D eigenvalue weighted by molar-refractivity contribution is 7.09. The van der Waals surface area contributed by atoms with E-state index in [0.29, 0.717) is 24.2 Å². The van der Waals surface area contributed by atoms with Crippen LogP contribution in [-0.4, -0.2) is 58.9 Å². The molecule has 8 nitrogen and oxygen atoms in total. The fourth-order valence-electron chi connectivity index (χ4n) is 3.80. The van der Waals surface area contributed by atoms with Gasteiger partial charge < -0.3 is 9.64 Å². The lowest BCUT2D eigenvalue weighted by Gasteiger charge is -2.34. The molecule has 1 aromatic heterocycles. The van der Waals surface area contributed by atoms with Crippen LogP contribution in [-0.2, 0) is 6.54 Å². The minimum absolute atomic E-state index is 0.0223. The van der Waals surface area contributed by atoms with Gasteiger partial charge in [-0.1, -0.05) is 6.07 Å². The largest absolute Gasteiger partial charge is 0.497 e. The zero-order valence-corrected chi connectivity index (χ0v) is 18.8. The van der Waals surface area contributed by atoms with Crippen LogP contribution in [0.5, 0.6) is 5.75 Å². The van der Waals surface area contributed by atoms with Crippen LogP contribution in [0.3, 0.4) is 0 Å². The molecule has 0 spiro atoms. The third-order valence-electron chi connectivity index (χ3n) is 5.69. The summed E-state index contributed by atoms with van der Waals surface area (Å²) in [6.07, 6.45) is 0. The smallest absolute Gasteiger partial charge is 0.273 e. The summed E-state index contributed by atoms with van der Waals surface area (Å²) in [7, 11) is 1.65. The molecule has 1 fully saturated rings. The van der Waals surface area contributed by atoms with Crippen molar-refractivity contribution in [2.24, 2.45) is 0 Å². The molecule has 0 atom stereocenters. The minimum Gasteiger partial charge on any atom is -0.497 e. The molecule has 0 aliphatic carbocycles. The fraction of sp³-hybridized carbons (Fsp3) is 0.304. The molecule has 1 aliphatic heterocycles. The predicted octanol–water partition coefficient (Wildman–Crippen LogP) is 3.99. The maximum Gasteiger partial charge on any atom is 0.273 e. The monoisotopic (exact) mass is 452 g/mol. The number of nitro groups is 1. The topological polar surface area (TPSA) is 88.8 Å². The Kier molecular flexibility index (Phi) is 6.48. The van der Waals surface area contributed by atoms with Crippen LogP contribution >= 0.6 is 11.3 Å². The molecule has 0 unspecified atom stereocenters. The van der Waals surface area contributed by atoms with Gasteiger partial charge in [-0.2, -0.15) is 0 Å². The second-order valence-corrected chi connectivity index (χ2v) is 8.57.